The molecule has 0 aromatic heterocycles. The van der Waals surface area contributed by atoms with Gasteiger partial charge in [-0.25, -0.2) is 0 Å². The van der Waals surface area contributed by atoms with E-state index in [0.29, 0.717) is 6.42 Å². The molecule has 1 N–H and O–H groups in total. The molecule has 1 aromatic rings. The van der Waals surface area contributed by atoms with Gasteiger partial charge in [0.1, 0.15) is 0 Å². The third-order valence-electron chi connectivity index (χ3n) is 3.83. The Morgan fingerprint density at radius 1 is 1.19 bits per heavy atom. The first-order valence-corrected chi connectivity index (χ1v) is 5.80. The lowest BCUT2D eigenvalue weighted by molar-refractivity contribution is -0.119. The summed E-state index contributed by atoms with van der Waals surface area (Å²) in [5.74, 6) is 0.113. The van der Waals surface area contributed by atoms with E-state index in [1.165, 1.54) is 0 Å². The molecule has 16 heavy (non-hydrogen) atoms. The van der Waals surface area contributed by atoms with Crippen LogP contribution in [-0.4, -0.2) is 11.4 Å². The molecule has 2 nitrogen and oxygen atoms in total. The third-order valence-corrected chi connectivity index (χ3v) is 4.08. The Morgan fingerprint density at radius 3 is 2.19 bits per heavy atom. The monoisotopic (exact) mass is 237 g/mol. The maximum atomic E-state index is 11.6. The standard InChI is InChI=1S/C13H16ClNO/c1-12(2)13(3,8-11(16)15-12)9-4-6-10(14)7-5-9/h4-7H,8H2,1-3H3,(H,15,16). The first-order chi connectivity index (χ1) is 7.35. The summed E-state index contributed by atoms with van der Waals surface area (Å²) in [7, 11) is 0. The first-order valence-electron chi connectivity index (χ1n) is 5.42. The fraction of sp³-hybridized carbons (Fsp3) is 0.462. The number of carbonyl (C=O) groups excluding carboxylic acids is 1. The molecule has 1 aliphatic rings. The SMILES string of the molecule is CC1(C)NC(=O)CC1(C)c1ccc(Cl)cc1. The number of carbonyl (C=O) groups is 1. The lowest BCUT2D eigenvalue weighted by atomic mass is 9.69. The minimum absolute atomic E-state index is 0.113. The summed E-state index contributed by atoms with van der Waals surface area (Å²) in [6.07, 6.45) is 0.529. The molecule has 1 amide bonds. The van der Waals surface area contributed by atoms with E-state index in [0.717, 1.165) is 10.6 Å². The number of hydrogen-bond donors (Lipinski definition) is 1. The Hall–Kier alpha value is -1.02. The number of halogens is 1. The molecule has 0 bridgehead atoms. The van der Waals surface area contributed by atoms with Gasteiger partial charge in [0.05, 0.1) is 0 Å². The number of amides is 1. The molecule has 0 spiro atoms. The van der Waals surface area contributed by atoms with Gasteiger partial charge < -0.3 is 5.32 Å². The maximum absolute atomic E-state index is 11.6. The number of nitrogens with one attached hydrogen (secondary N) is 1. The number of hydrogen-bond acceptors (Lipinski definition) is 1. The molecule has 3 heteroatoms. The van der Waals surface area contributed by atoms with Gasteiger partial charge in [-0.1, -0.05) is 30.7 Å². The van der Waals surface area contributed by atoms with Crippen LogP contribution in [-0.2, 0) is 10.2 Å². The van der Waals surface area contributed by atoms with Crippen LogP contribution in [0.1, 0.15) is 32.8 Å². The van der Waals surface area contributed by atoms with Crippen molar-refractivity contribution in [2.24, 2.45) is 0 Å². The summed E-state index contributed by atoms with van der Waals surface area (Å²) in [6, 6.07) is 7.76. The van der Waals surface area contributed by atoms with E-state index in [2.05, 4.69) is 26.1 Å². The predicted molar refractivity (Wildman–Crippen MR) is 65.6 cm³/mol. The summed E-state index contributed by atoms with van der Waals surface area (Å²) in [5, 5.41) is 3.75. The summed E-state index contributed by atoms with van der Waals surface area (Å²) in [5.41, 5.74) is 0.757. The molecular formula is C13H16ClNO. The van der Waals surface area contributed by atoms with Crippen LogP contribution < -0.4 is 5.32 Å². The molecule has 86 valence electrons. The van der Waals surface area contributed by atoms with Crippen LogP contribution in [0.25, 0.3) is 0 Å². The number of rotatable bonds is 1. The van der Waals surface area contributed by atoms with Gasteiger partial charge in [0.2, 0.25) is 5.91 Å². The second-order valence-corrected chi connectivity index (χ2v) is 5.63. The van der Waals surface area contributed by atoms with Gasteiger partial charge in [-0.3, -0.25) is 4.79 Å². The molecular weight excluding hydrogens is 222 g/mol. The minimum Gasteiger partial charge on any atom is -0.350 e. The molecule has 0 radical (unpaired) electrons. The van der Waals surface area contributed by atoms with Crippen LogP contribution >= 0.6 is 11.6 Å². The average molecular weight is 238 g/mol. The summed E-state index contributed by atoms with van der Waals surface area (Å²) in [6.45, 7) is 6.24. The first kappa shape index (κ1) is 11.5. The van der Waals surface area contributed by atoms with Gasteiger partial charge in [-0.05, 0) is 31.5 Å². The normalized spacial score (nSPS) is 27.9. The topological polar surface area (TPSA) is 29.1 Å². The quantitative estimate of drug-likeness (QED) is 0.800. The van der Waals surface area contributed by atoms with E-state index < -0.39 is 0 Å². The molecule has 0 saturated carbocycles. The summed E-state index contributed by atoms with van der Waals surface area (Å²) < 4.78 is 0. The zero-order valence-electron chi connectivity index (χ0n) is 9.80. The predicted octanol–water partition coefficient (Wildman–Crippen LogP) is 2.90. The summed E-state index contributed by atoms with van der Waals surface area (Å²) >= 11 is 5.88. The molecule has 1 aromatic carbocycles. The average Bonchev–Trinajstić information content (AvgIpc) is 2.37. The Bertz CT molecular complexity index is 424. The molecule has 1 heterocycles. The molecule has 1 aliphatic heterocycles. The van der Waals surface area contributed by atoms with Gasteiger partial charge >= 0.3 is 0 Å². The fourth-order valence-electron chi connectivity index (χ4n) is 2.35. The van der Waals surface area contributed by atoms with Crippen LogP contribution in [0.3, 0.4) is 0 Å². The maximum Gasteiger partial charge on any atom is 0.221 e. The van der Waals surface area contributed by atoms with Crippen molar-refractivity contribution >= 4 is 17.5 Å². The van der Waals surface area contributed by atoms with Crippen molar-refractivity contribution in [2.75, 3.05) is 0 Å². The van der Waals surface area contributed by atoms with Crippen LogP contribution in [0, 0.1) is 0 Å². The van der Waals surface area contributed by atoms with E-state index in [4.69, 9.17) is 11.6 Å². The lowest BCUT2D eigenvalue weighted by Crippen LogP contribution is -2.48. The number of benzene rings is 1. The van der Waals surface area contributed by atoms with Crippen molar-refractivity contribution in [3.05, 3.63) is 34.9 Å². The van der Waals surface area contributed by atoms with Gasteiger partial charge in [-0.2, -0.15) is 0 Å². The Morgan fingerprint density at radius 2 is 1.75 bits per heavy atom. The smallest absolute Gasteiger partial charge is 0.221 e. The highest BCUT2D eigenvalue weighted by atomic mass is 35.5. The molecule has 0 aliphatic carbocycles. The second kappa shape index (κ2) is 3.49. The summed E-state index contributed by atoms with van der Waals surface area (Å²) in [4.78, 5) is 11.6. The van der Waals surface area contributed by atoms with E-state index in [-0.39, 0.29) is 16.9 Å². The van der Waals surface area contributed by atoms with Crippen molar-refractivity contribution in [3.63, 3.8) is 0 Å². The van der Waals surface area contributed by atoms with Crippen molar-refractivity contribution in [1.82, 2.24) is 5.32 Å². The molecule has 1 fully saturated rings. The zero-order valence-corrected chi connectivity index (χ0v) is 10.6. The van der Waals surface area contributed by atoms with Gasteiger partial charge in [-0.15, -0.1) is 0 Å². The fourth-order valence-corrected chi connectivity index (χ4v) is 2.48. The second-order valence-electron chi connectivity index (χ2n) is 5.19. The van der Waals surface area contributed by atoms with Crippen molar-refractivity contribution in [2.45, 2.75) is 38.1 Å². The Balaban J connectivity index is 2.46. The Kier molecular flexibility index (Phi) is 2.50. The van der Waals surface area contributed by atoms with Crippen LogP contribution in [0.5, 0.6) is 0 Å². The van der Waals surface area contributed by atoms with Crippen molar-refractivity contribution < 1.29 is 4.79 Å². The van der Waals surface area contributed by atoms with E-state index in [1.807, 2.05) is 24.3 Å². The lowest BCUT2D eigenvalue weighted by Gasteiger charge is -2.37. The van der Waals surface area contributed by atoms with E-state index in [1.54, 1.807) is 0 Å². The largest absolute Gasteiger partial charge is 0.350 e. The highest BCUT2D eigenvalue weighted by molar-refractivity contribution is 6.30. The van der Waals surface area contributed by atoms with Gasteiger partial charge in [0.25, 0.3) is 0 Å². The van der Waals surface area contributed by atoms with Crippen LogP contribution in [0.2, 0.25) is 5.02 Å². The minimum atomic E-state index is -0.224. The van der Waals surface area contributed by atoms with E-state index >= 15 is 0 Å². The van der Waals surface area contributed by atoms with Crippen LogP contribution in [0.4, 0.5) is 0 Å². The molecule has 2 rings (SSSR count). The highest BCUT2D eigenvalue weighted by Crippen LogP contribution is 2.42. The van der Waals surface area contributed by atoms with Gasteiger partial charge in [0, 0.05) is 22.4 Å². The van der Waals surface area contributed by atoms with Crippen molar-refractivity contribution in [1.29, 1.82) is 0 Å². The van der Waals surface area contributed by atoms with Crippen molar-refractivity contribution in [3.8, 4) is 0 Å². The Labute approximate surface area is 101 Å². The van der Waals surface area contributed by atoms with E-state index in [9.17, 15) is 4.79 Å². The van der Waals surface area contributed by atoms with Gasteiger partial charge in [0.15, 0.2) is 0 Å². The zero-order chi connectivity index (χ0) is 12.0. The highest BCUT2D eigenvalue weighted by Gasteiger charge is 2.50. The molecule has 1 atom stereocenters. The third kappa shape index (κ3) is 1.61. The molecule has 1 unspecified atom stereocenters. The van der Waals surface area contributed by atoms with Crippen LogP contribution in [0.15, 0.2) is 24.3 Å². The molecule has 1 saturated heterocycles.